The molecule has 2 aromatic rings. The van der Waals surface area contributed by atoms with Crippen molar-refractivity contribution < 1.29 is 74.6 Å². The van der Waals surface area contributed by atoms with E-state index in [9.17, 15) is 51.3 Å². The second-order valence-electron chi connectivity index (χ2n) is 8.22. The third kappa shape index (κ3) is 6.83. The number of anilines is 1. The number of fused-ring (bicyclic) bond motifs is 1. The average molecular weight is 633 g/mol. The first-order chi connectivity index (χ1) is 17.7. The fourth-order valence-corrected chi connectivity index (χ4v) is 6.36. The Morgan fingerprint density at radius 2 is 1.62 bits per heavy atom. The molecular weight excluding hydrogens is 611 g/mol. The number of alkyl halides is 4. The average Bonchev–Trinajstić information content (AvgIpc) is 3.33. The van der Waals surface area contributed by atoms with E-state index in [1.54, 1.807) is 0 Å². The van der Waals surface area contributed by atoms with Crippen LogP contribution in [0.1, 0.15) is 25.5 Å². The number of halogens is 4. The lowest BCUT2D eigenvalue weighted by Gasteiger charge is -2.25. The molecule has 24 heteroatoms. The standard InChI is InChI=1S/C15H22F4N5O12P3/c16-14(17,37(27,28)29)2-1-3-15(18,19)38(30,31)36-39(32,33)34-4-7-9(25)10(26)13(35-7)24-6-23-8-11(20)21-5-22-12(8)24/h5-7,9-10,13,25-26H,1-4H2,(H,30,31)(H,32,33)(H2,20,21,22)(H2,27,28,29)/t7-,9-,10-,13-/m1/s1. The molecule has 2 unspecified atom stereocenters. The van der Waals surface area contributed by atoms with E-state index >= 15 is 0 Å². The van der Waals surface area contributed by atoms with Gasteiger partial charge < -0.3 is 40.3 Å². The third-order valence-corrected chi connectivity index (χ3v) is 9.72. The molecule has 0 saturated carbocycles. The SMILES string of the molecule is Nc1ncnc2c1ncn2[C@@H]1O[C@H](COP(=O)(O)OP(=O)(O)C(F)(F)CCCC(F)(F)P(=O)(O)O)[C@@H](O)[C@H]1O. The Balaban J connectivity index is 1.62. The Labute approximate surface area is 214 Å². The number of aromatic nitrogens is 4. The molecule has 2 aromatic heterocycles. The number of nitrogen functional groups attached to an aromatic ring is 1. The number of nitrogens with zero attached hydrogens (tertiary/aromatic N) is 4. The van der Waals surface area contributed by atoms with Crippen LogP contribution in [0.25, 0.3) is 11.2 Å². The highest BCUT2D eigenvalue weighted by Crippen LogP contribution is 2.69. The Morgan fingerprint density at radius 3 is 2.23 bits per heavy atom. The first kappa shape index (κ1) is 31.9. The number of rotatable bonds is 12. The number of hydrogen-bond acceptors (Lipinski definition) is 12. The van der Waals surface area contributed by atoms with Crippen molar-refractivity contribution in [3.8, 4) is 0 Å². The lowest BCUT2D eigenvalue weighted by Crippen LogP contribution is -2.33. The second kappa shape index (κ2) is 11.0. The van der Waals surface area contributed by atoms with Crippen LogP contribution >= 0.6 is 23.0 Å². The van der Waals surface area contributed by atoms with Crippen LogP contribution in [0.15, 0.2) is 12.7 Å². The van der Waals surface area contributed by atoms with E-state index in [2.05, 4.69) is 23.8 Å². The van der Waals surface area contributed by atoms with Crippen LogP contribution in [0.3, 0.4) is 0 Å². The summed E-state index contributed by atoms with van der Waals surface area (Å²) in [4.78, 5) is 47.8. The molecule has 1 aliphatic heterocycles. The van der Waals surface area contributed by atoms with Crippen molar-refractivity contribution >= 4 is 40.0 Å². The van der Waals surface area contributed by atoms with E-state index in [1.807, 2.05) is 0 Å². The summed E-state index contributed by atoms with van der Waals surface area (Å²) in [5, 5.41) is 20.6. The molecule has 3 heterocycles. The third-order valence-electron chi connectivity index (χ3n) is 5.41. The molecule has 39 heavy (non-hydrogen) atoms. The van der Waals surface area contributed by atoms with Crippen LogP contribution in [0.5, 0.6) is 0 Å². The zero-order valence-corrected chi connectivity index (χ0v) is 21.8. The fourth-order valence-electron chi connectivity index (χ4n) is 3.34. The highest BCUT2D eigenvalue weighted by Gasteiger charge is 2.56. The van der Waals surface area contributed by atoms with Crippen LogP contribution in [0, 0.1) is 0 Å². The second-order valence-corrected chi connectivity index (χ2v) is 13.5. The molecule has 0 radical (unpaired) electrons. The normalized spacial score (nSPS) is 26.0. The van der Waals surface area contributed by atoms with Crippen molar-refractivity contribution in [2.75, 3.05) is 12.3 Å². The minimum Gasteiger partial charge on any atom is -0.387 e. The van der Waals surface area contributed by atoms with Crippen molar-refractivity contribution in [2.45, 2.75) is 55.1 Å². The van der Waals surface area contributed by atoms with Gasteiger partial charge in [-0.2, -0.15) is 17.6 Å². The van der Waals surface area contributed by atoms with Gasteiger partial charge in [-0.15, -0.1) is 0 Å². The van der Waals surface area contributed by atoms with E-state index < -0.39 is 84.8 Å². The van der Waals surface area contributed by atoms with Crippen molar-refractivity contribution in [2.24, 2.45) is 0 Å². The number of phosphoric acid groups is 1. The maximum atomic E-state index is 14.1. The van der Waals surface area contributed by atoms with Gasteiger partial charge in [-0.3, -0.25) is 18.2 Å². The van der Waals surface area contributed by atoms with Gasteiger partial charge >= 0.3 is 34.3 Å². The van der Waals surface area contributed by atoms with E-state index in [-0.39, 0.29) is 17.0 Å². The van der Waals surface area contributed by atoms with E-state index in [4.69, 9.17) is 20.3 Å². The number of nitrogens with two attached hydrogens (primary N) is 1. The fraction of sp³-hybridized carbons (Fsp3) is 0.667. The van der Waals surface area contributed by atoms with Gasteiger partial charge in [0.2, 0.25) is 0 Å². The van der Waals surface area contributed by atoms with Crippen LogP contribution in [-0.4, -0.2) is 85.6 Å². The lowest BCUT2D eigenvalue weighted by molar-refractivity contribution is -0.0505. The maximum absolute atomic E-state index is 14.1. The Bertz CT molecular complexity index is 1340. The monoisotopic (exact) mass is 633 g/mol. The number of aliphatic hydroxyl groups is 2. The molecule has 8 N–H and O–H groups in total. The van der Waals surface area contributed by atoms with Crippen molar-refractivity contribution in [1.29, 1.82) is 0 Å². The largest absolute Gasteiger partial charge is 0.479 e. The number of ether oxygens (including phenoxy) is 1. The zero-order chi connectivity index (χ0) is 29.6. The van der Waals surface area contributed by atoms with Gasteiger partial charge in [0.15, 0.2) is 17.7 Å². The van der Waals surface area contributed by atoms with E-state index in [0.717, 1.165) is 17.2 Å². The molecule has 0 aliphatic carbocycles. The highest BCUT2D eigenvalue weighted by molar-refractivity contribution is 7.64. The van der Waals surface area contributed by atoms with Crippen molar-refractivity contribution in [3.63, 3.8) is 0 Å². The van der Waals surface area contributed by atoms with Gasteiger partial charge in [0.25, 0.3) is 0 Å². The molecule has 0 spiro atoms. The van der Waals surface area contributed by atoms with Gasteiger partial charge in [-0.1, -0.05) is 0 Å². The number of phosphoric ester groups is 1. The summed E-state index contributed by atoms with van der Waals surface area (Å²) >= 11 is 0. The van der Waals surface area contributed by atoms with Crippen molar-refractivity contribution in [3.05, 3.63) is 12.7 Å². The molecule has 222 valence electrons. The zero-order valence-electron chi connectivity index (χ0n) is 19.1. The first-order valence-corrected chi connectivity index (χ1v) is 15.1. The first-order valence-electron chi connectivity index (χ1n) is 10.5. The summed E-state index contributed by atoms with van der Waals surface area (Å²) in [5.41, 5.74) is -3.78. The summed E-state index contributed by atoms with van der Waals surface area (Å²) in [6.07, 6.45) is -9.45. The van der Waals surface area contributed by atoms with Crippen LogP contribution in [0.2, 0.25) is 0 Å². The number of aliphatic hydroxyl groups excluding tert-OH is 2. The Kier molecular flexibility index (Phi) is 9.00. The molecular formula is C15H22F4N5O12P3. The van der Waals surface area contributed by atoms with Gasteiger partial charge in [0, 0.05) is 12.8 Å². The summed E-state index contributed by atoms with van der Waals surface area (Å²) in [6, 6.07) is 0. The smallest absolute Gasteiger partial charge is 0.387 e. The highest BCUT2D eigenvalue weighted by atomic mass is 31.3. The van der Waals surface area contributed by atoms with Gasteiger partial charge in [-0.25, -0.2) is 23.8 Å². The predicted octanol–water partition coefficient (Wildman–Crippen LogP) is 0.880. The summed E-state index contributed by atoms with van der Waals surface area (Å²) in [7, 11) is -18.2. The van der Waals surface area contributed by atoms with Gasteiger partial charge in [-0.05, 0) is 6.42 Å². The quantitative estimate of drug-likeness (QED) is 0.126. The molecule has 3 rings (SSSR count). The van der Waals surface area contributed by atoms with Crippen LogP contribution < -0.4 is 5.73 Å². The molecule has 1 fully saturated rings. The molecule has 17 nitrogen and oxygen atoms in total. The van der Waals surface area contributed by atoms with E-state index in [0.29, 0.717) is 0 Å². The van der Waals surface area contributed by atoms with Crippen molar-refractivity contribution in [1.82, 2.24) is 19.5 Å². The number of hydrogen-bond donors (Lipinski definition) is 7. The molecule has 0 bridgehead atoms. The Hall–Kier alpha value is -1.60. The Morgan fingerprint density at radius 1 is 1.00 bits per heavy atom. The number of imidazole rings is 1. The van der Waals surface area contributed by atoms with Gasteiger partial charge in [0.05, 0.1) is 12.9 Å². The van der Waals surface area contributed by atoms with Crippen LogP contribution in [-0.2, 0) is 27.3 Å². The van der Waals surface area contributed by atoms with E-state index in [1.165, 1.54) is 0 Å². The molecule has 1 saturated heterocycles. The summed E-state index contributed by atoms with van der Waals surface area (Å²) < 4.78 is 104. The molecule has 6 atom stereocenters. The van der Waals surface area contributed by atoms with Crippen LogP contribution in [0.4, 0.5) is 23.4 Å². The minimum atomic E-state index is -6.41. The molecule has 0 aromatic carbocycles. The maximum Gasteiger partial charge on any atom is 0.479 e. The molecule has 1 aliphatic rings. The summed E-state index contributed by atoms with van der Waals surface area (Å²) in [5.74, 6) is -0.0224. The molecule has 0 amide bonds. The minimum absolute atomic E-state index is 0.0224. The van der Waals surface area contributed by atoms with Gasteiger partial charge in [0.1, 0.15) is 30.2 Å². The topological polar surface area (TPSA) is 270 Å². The lowest BCUT2D eigenvalue weighted by atomic mass is 10.1. The summed E-state index contributed by atoms with van der Waals surface area (Å²) in [6.45, 7) is -1.15. The predicted molar refractivity (Wildman–Crippen MR) is 118 cm³/mol.